The molecular formula is C40H40O5. The molecule has 0 heterocycles. The summed E-state index contributed by atoms with van der Waals surface area (Å²) in [7, 11) is 1.64. The summed E-state index contributed by atoms with van der Waals surface area (Å²) in [6, 6.07) is 35.9. The Morgan fingerprint density at radius 3 is 1.64 bits per heavy atom. The minimum Gasteiger partial charge on any atom is -0.496 e. The zero-order valence-electron chi connectivity index (χ0n) is 26.5. The summed E-state index contributed by atoms with van der Waals surface area (Å²) in [5, 5.41) is 0. The molecule has 5 aromatic carbocycles. The lowest BCUT2D eigenvalue weighted by Gasteiger charge is -2.21. The van der Waals surface area contributed by atoms with Crippen molar-refractivity contribution in [3.8, 4) is 23.0 Å². The van der Waals surface area contributed by atoms with E-state index in [0.29, 0.717) is 49.1 Å². The lowest BCUT2D eigenvalue weighted by Crippen LogP contribution is -2.12. The molecule has 0 aliphatic heterocycles. The number of ketones is 1. The first-order valence-electron chi connectivity index (χ1n) is 15.3. The van der Waals surface area contributed by atoms with E-state index in [4.69, 9.17) is 18.9 Å². The molecule has 0 unspecified atom stereocenters. The fourth-order valence-corrected chi connectivity index (χ4v) is 5.46. The zero-order chi connectivity index (χ0) is 31.6. The monoisotopic (exact) mass is 600 g/mol. The molecule has 0 N–H and O–H groups in total. The lowest BCUT2D eigenvalue weighted by atomic mass is 9.92. The molecule has 0 atom stereocenters. The highest BCUT2D eigenvalue weighted by Crippen LogP contribution is 2.39. The Morgan fingerprint density at radius 2 is 1.09 bits per heavy atom. The van der Waals surface area contributed by atoms with Crippen LogP contribution < -0.4 is 18.9 Å². The molecule has 5 nitrogen and oxygen atoms in total. The summed E-state index contributed by atoms with van der Waals surface area (Å²) in [4.78, 5) is 14.0. The summed E-state index contributed by atoms with van der Waals surface area (Å²) in [5.41, 5.74) is 7.36. The predicted molar refractivity (Wildman–Crippen MR) is 179 cm³/mol. The number of methoxy groups -OCH3 is 1. The molecule has 0 amide bonds. The Morgan fingerprint density at radius 1 is 0.578 bits per heavy atom. The first kappa shape index (κ1) is 31.4. The number of Topliss-reactive ketones (excluding diaryl/α,β-unsaturated/α-hetero) is 1. The number of hydrogen-bond acceptors (Lipinski definition) is 5. The molecule has 0 aliphatic carbocycles. The van der Waals surface area contributed by atoms with Crippen LogP contribution in [0.4, 0.5) is 0 Å². The summed E-state index contributed by atoms with van der Waals surface area (Å²) < 4.78 is 24.5. The van der Waals surface area contributed by atoms with E-state index in [1.165, 1.54) is 0 Å². The van der Waals surface area contributed by atoms with Crippen LogP contribution in [0.25, 0.3) is 0 Å². The summed E-state index contributed by atoms with van der Waals surface area (Å²) in [6.07, 6.45) is 0.773. The highest BCUT2D eigenvalue weighted by atomic mass is 16.5. The molecule has 45 heavy (non-hydrogen) atoms. The summed E-state index contributed by atoms with van der Waals surface area (Å²) in [6.45, 7) is 7.15. The van der Waals surface area contributed by atoms with Crippen molar-refractivity contribution in [3.05, 3.63) is 154 Å². The van der Waals surface area contributed by atoms with Crippen molar-refractivity contribution in [2.45, 2.75) is 53.4 Å². The van der Waals surface area contributed by atoms with Crippen molar-refractivity contribution in [3.63, 3.8) is 0 Å². The second-order valence-corrected chi connectivity index (χ2v) is 11.1. The molecule has 230 valence electrons. The third-order valence-corrected chi connectivity index (χ3v) is 8.04. The molecule has 5 heteroatoms. The normalized spacial score (nSPS) is 10.8. The van der Waals surface area contributed by atoms with Gasteiger partial charge in [0.25, 0.3) is 0 Å². The maximum absolute atomic E-state index is 14.0. The van der Waals surface area contributed by atoms with E-state index in [1.807, 2.05) is 130 Å². The van der Waals surface area contributed by atoms with Gasteiger partial charge in [0.1, 0.15) is 42.8 Å². The molecule has 0 saturated carbocycles. The lowest BCUT2D eigenvalue weighted by molar-refractivity contribution is 0.0976. The van der Waals surface area contributed by atoms with Crippen LogP contribution >= 0.6 is 0 Å². The molecule has 0 saturated heterocycles. The third-order valence-electron chi connectivity index (χ3n) is 8.04. The van der Waals surface area contributed by atoms with Gasteiger partial charge < -0.3 is 18.9 Å². The number of carbonyl (C=O) groups is 1. The number of ether oxygens (including phenoxy) is 4. The van der Waals surface area contributed by atoms with Crippen molar-refractivity contribution in [1.82, 2.24) is 0 Å². The van der Waals surface area contributed by atoms with Gasteiger partial charge in [0.2, 0.25) is 0 Å². The van der Waals surface area contributed by atoms with Gasteiger partial charge >= 0.3 is 0 Å². The molecule has 0 radical (unpaired) electrons. The minimum absolute atomic E-state index is 0.00428. The van der Waals surface area contributed by atoms with Crippen molar-refractivity contribution in [2.75, 3.05) is 7.11 Å². The Hall–Kier alpha value is -5.03. The molecule has 0 bridgehead atoms. The van der Waals surface area contributed by atoms with Gasteiger partial charge in [-0.3, -0.25) is 4.79 Å². The van der Waals surface area contributed by atoms with Gasteiger partial charge in [-0.1, -0.05) is 97.1 Å². The molecule has 0 fully saturated rings. The Balaban J connectivity index is 1.39. The van der Waals surface area contributed by atoms with Crippen LogP contribution in [0, 0.1) is 20.8 Å². The standard InChI is InChI=1S/C40H40O5/c1-28-29(2)40(45-27-33-18-12-7-13-19-33)38(30(3)39(28)42-4)36(41)23-21-34-20-22-35(43-25-31-14-8-5-9-15-31)24-37(34)44-26-32-16-10-6-11-17-32/h5-20,22,24H,21,23,25-27H2,1-4H3. The van der Waals surface area contributed by atoms with E-state index in [1.54, 1.807) is 7.11 Å². The van der Waals surface area contributed by atoms with E-state index in [9.17, 15) is 4.79 Å². The van der Waals surface area contributed by atoms with Crippen molar-refractivity contribution < 1.29 is 23.7 Å². The van der Waals surface area contributed by atoms with Crippen LogP contribution in [-0.2, 0) is 26.2 Å². The van der Waals surface area contributed by atoms with Gasteiger partial charge in [0.15, 0.2) is 5.78 Å². The highest BCUT2D eigenvalue weighted by Gasteiger charge is 2.24. The van der Waals surface area contributed by atoms with E-state index < -0.39 is 0 Å². The van der Waals surface area contributed by atoms with E-state index >= 15 is 0 Å². The molecular weight excluding hydrogens is 560 g/mol. The van der Waals surface area contributed by atoms with Crippen LogP contribution in [0.2, 0.25) is 0 Å². The van der Waals surface area contributed by atoms with Gasteiger partial charge in [0.05, 0.1) is 12.7 Å². The van der Waals surface area contributed by atoms with Gasteiger partial charge in [-0.15, -0.1) is 0 Å². The topological polar surface area (TPSA) is 54.0 Å². The summed E-state index contributed by atoms with van der Waals surface area (Å²) >= 11 is 0. The Kier molecular flexibility index (Phi) is 10.5. The molecule has 0 spiro atoms. The number of carbonyl (C=O) groups excluding carboxylic acids is 1. The molecule has 5 aromatic rings. The van der Waals surface area contributed by atoms with Crippen molar-refractivity contribution >= 4 is 5.78 Å². The third kappa shape index (κ3) is 7.93. The average molecular weight is 601 g/mol. The first-order valence-corrected chi connectivity index (χ1v) is 15.3. The average Bonchev–Trinajstić information content (AvgIpc) is 3.08. The van der Waals surface area contributed by atoms with Crippen LogP contribution in [0.15, 0.2) is 109 Å². The van der Waals surface area contributed by atoms with Crippen LogP contribution in [-0.4, -0.2) is 12.9 Å². The second kappa shape index (κ2) is 15.1. The Labute approximate surface area is 266 Å². The molecule has 0 aromatic heterocycles. The zero-order valence-corrected chi connectivity index (χ0v) is 26.5. The van der Waals surface area contributed by atoms with Crippen LogP contribution in [0.3, 0.4) is 0 Å². The molecule has 5 rings (SSSR count). The maximum Gasteiger partial charge on any atom is 0.167 e. The van der Waals surface area contributed by atoms with E-state index in [2.05, 4.69) is 0 Å². The van der Waals surface area contributed by atoms with Gasteiger partial charge in [-0.25, -0.2) is 0 Å². The smallest absolute Gasteiger partial charge is 0.167 e. The van der Waals surface area contributed by atoms with Crippen LogP contribution in [0.5, 0.6) is 23.0 Å². The maximum atomic E-state index is 14.0. The van der Waals surface area contributed by atoms with Crippen LogP contribution in [0.1, 0.15) is 55.7 Å². The van der Waals surface area contributed by atoms with E-state index in [0.717, 1.165) is 44.7 Å². The second-order valence-electron chi connectivity index (χ2n) is 11.1. The largest absolute Gasteiger partial charge is 0.496 e. The van der Waals surface area contributed by atoms with Gasteiger partial charge in [0, 0.05) is 18.1 Å². The quantitative estimate of drug-likeness (QED) is 0.119. The Bertz CT molecular complexity index is 1710. The predicted octanol–water partition coefficient (Wildman–Crippen LogP) is 9.17. The fourth-order valence-electron chi connectivity index (χ4n) is 5.46. The van der Waals surface area contributed by atoms with Crippen molar-refractivity contribution in [2.24, 2.45) is 0 Å². The number of benzene rings is 5. The minimum atomic E-state index is -0.00428. The first-order chi connectivity index (χ1) is 21.9. The highest BCUT2D eigenvalue weighted by molar-refractivity contribution is 6.01. The van der Waals surface area contributed by atoms with Crippen molar-refractivity contribution in [1.29, 1.82) is 0 Å². The van der Waals surface area contributed by atoms with E-state index in [-0.39, 0.29) is 12.2 Å². The molecule has 0 aliphatic rings. The number of hydrogen-bond donors (Lipinski definition) is 0. The fraction of sp³-hybridized carbons (Fsp3) is 0.225. The van der Waals surface area contributed by atoms with Gasteiger partial charge in [-0.2, -0.15) is 0 Å². The summed E-state index contributed by atoms with van der Waals surface area (Å²) in [5.74, 6) is 2.74. The number of aryl methyl sites for hydroxylation is 1. The van der Waals surface area contributed by atoms with Gasteiger partial charge in [-0.05, 0) is 66.6 Å². The number of rotatable bonds is 14. The SMILES string of the molecule is COc1c(C)c(C)c(OCc2ccccc2)c(C(=O)CCc2ccc(OCc3ccccc3)cc2OCc2ccccc2)c1C.